The molecule has 5 heteroatoms. The first kappa shape index (κ1) is 16.7. The SMILES string of the molecule is O=C(NCCOc1ccc(Cl)cc1)NCC1(c2ccccc2)CC1. The van der Waals surface area contributed by atoms with Gasteiger partial charge >= 0.3 is 6.03 Å². The second-order valence-corrected chi connectivity index (χ2v) is 6.49. The van der Waals surface area contributed by atoms with E-state index in [4.69, 9.17) is 16.3 Å². The Balaban J connectivity index is 1.35. The molecule has 0 bridgehead atoms. The van der Waals surface area contributed by atoms with Gasteiger partial charge in [-0.1, -0.05) is 41.9 Å². The van der Waals surface area contributed by atoms with Crippen LogP contribution in [0.1, 0.15) is 18.4 Å². The Bertz CT molecular complexity index is 670. The lowest BCUT2D eigenvalue weighted by Gasteiger charge is -2.17. The molecule has 0 unspecified atom stereocenters. The molecule has 0 aromatic heterocycles. The third-order valence-corrected chi connectivity index (χ3v) is 4.55. The fourth-order valence-corrected chi connectivity index (χ4v) is 2.81. The van der Waals surface area contributed by atoms with Crippen molar-refractivity contribution in [2.45, 2.75) is 18.3 Å². The molecule has 4 nitrogen and oxygen atoms in total. The number of carbonyl (C=O) groups excluding carboxylic acids is 1. The lowest BCUT2D eigenvalue weighted by molar-refractivity contribution is 0.235. The quantitative estimate of drug-likeness (QED) is 0.751. The van der Waals surface area contributed by atoms with E-state index in [1.54, 1.807) is 24.3 Å². The van der Waals surface area contributed by atoms with Crippen molar-refractivity contribution in [1.29, 1.82) is 0 Å². The third kappa shape index (κ3) is 4.42. The Labute approximate surface area is 147 Å². The normalized spacial score (nSPS) is 14.7. The van der Waals surface area contributed by atoms with Gasteiger partial charge < -0.3 is 15.4 Å². The molecule has 1 aliphatic carbocycles. The van der Waals surface area contributed by atoms with Crippen molar-refractivity contribution < 1.29 is 9.53 Å². The van der Waals surface area contributed by atoms with E-state index in [0.717, 1.165) is 18.6 Å². The molecule has 0 radical (unpaired) electrons. The molecule has 0 heterocycles. The van der Waals surface area contributed by atoms with Gasteiger partial charge in [0.25, 0.3) is 0 Å². The van der Waals surface area contributed by atoms with Gasteiger partial charge in [-0.3, -0.25) is 0 Å². The lowest BCUT2D eigenvalue weighted by atomic mass is 9.96. The zero-order valence-corrected chi connectivity index (χ0v) is 14.2. The van der Waals surface area contributed by atoms with Gasteiger partial charge in [0.1, 0.15) is 12.4 Å². The Morgan fingerprint density at radius 1 is 1.04 bits per heavy atom. The van der Waals surface area contributed by atoms with Gasteiger partial charge in [-0.2, -0.15) is 0 Å². The van der Waals surface area contributed by atoms with Crippen LogP contribution in [0.3, 0.4) is 0 Å². The average Bonchev–Trinajstić information content (AvgIpc) is 3.41. The fourth-order valence-electron chi connectivity index (χ4n) is 2.69. The number of rotatable bonds is 7. The molecule has 1 fully saturated rings. The van der Waals surface area contributed by atoms with Crippen LogP contribution in [0.25, 0.3) is 0 Å². The summed E-state index contributed by atoms with van der Waals surface area (Å²) in [6, 6.07) is 17.4. The van der Waals surface area contributed by atoms with Crippen molar-refractivity contribution in [2.24, 2.45) is 0 Å². The van der Waals surface area contributed by atoms with E-state index in [9.17, 15) is 4.79 Å². The number of amides is 2. The summed E-state index contributed by atoms with van der Waals surface area (Å²) in [4.78, 5) is 11.9. The molecule has 2 aromatic carbocycles. The predicted molar refractivity (Wildman–Crippen MR) is 95.7 cm³/mol. The molecule has 0 atom stereocenters. The average molecular weight is 345 g/mol. The zero-order chi connectivity index (χ0) is 16.8. The van der Waals surface area contributed by atoms with Gasteiger partial charge in [0, 0.05) is 17.0 Å². The first-order valence-electron chi connectivity index (χ1n) is 8.14. The van der Waals surface area contributed by atoms with Crippen molar-refractivity contribution in [3.8, 4) is 5.75 Å². The largest absolute Gasteiger partial charge is 0.492 e. The van der Waals surface area contributed by atoms with Crippen molar-refractivity contribution in [3.05, 3.63) is 65.2 Å². The molecule has 0 saturated heterocycles. The number of hydrogen-bond donors (Lipinski definition) is 2. The minimum atomic E-state index is -0.156. The molecule has 2 N–H and O–H groups in total. The maximum Gasteiger partial charge on any atom is 0.314 e. The fraction of sp³-hybridized carbons (Fsp3) is 0.316. The highest BCUT2D eigenvalue weighted by molar-refractivity contribution is 6.30. The second-order valence-electron chi connectivity index (χ2n) is 6.06. The number of ether oxygens (including phenoxy) is 1. The van der Waals surface area contributed by atoms with Crippen LogP contribution >= 0.6 is 11.6 Å². The van der Waals surface area contributed by atoms with Crippen LogP contribution in [0.5, 0.6) is 5.75 Å². The standard InChI is InChI=1S/C19H21ClN2O2/c20-16-6-8-17(9-7-16)24-13-12-21-18(23)22-14-19(10-11-19)15-4-2-1-3-5-15/h1-9H,10-14H2,(H2,21,22,23). The Hall–Kier alpha value is -2.20. The van der Waals surface area contributed by atoms with E-state index < -0.39 is 0 Å². The van der Waals surface area contributed by atoms with E-state index in [1.807, 2.05) is 18.2 Å². The van der Waals surface area contributed by atoms with Crippen molar-refractivity contribution in [2.75, 3.05) is 19.7 Å². The van der Waals surface area contributed by atoms with Crippen LogP contribution in [0.2, 0.25) is 5.02 Å². The summed E-state index contributed by atoms with van der Waals surface area (Å²) >= 11 is 5.81. The van der Waals surface area contributed by atoms with Gasteiger partial charge in [-0.25, -0.2) is 4.79 Å². The van der Waals surface area contributed by atoms with Gasteiger partial charge in [-0.05, 0) is 42.7 Å². The second kappa shape index (κ2) is 7.58. The molecule has 3 rings (SSSR count). The number of benzene rings is 2. The molecule has 0 spiro atoms. The van der Waals surface area contributed by atoms with Gasteiger partial charge in [-0.15, -0.1) is 0 Å². The topological polar surface area (TPSA) is 50.4 Å². The molecule has 1 aliphatic rings. The van der Waals surface area contributed by atoms with Crippen LogP contribution in [-0.4, -0.2) is 25.7 Å². The number of nitrogens with one attached hydrogen (secondary N) is 2. The van der Waals surface area contributed by atoms with Crippen LogP contribution in [0.15, 0.2) is 54.6 Å². The van der Waals surface area contributed by atoms with Crippen LogP contribution < -0.4 is 15.4 Å². The molecule has 24 heavy (non-hydrogen) atoms. The summed E-state index contributed by atoms with van der Waals surface area (Å²) in [5, 5.41) is 6.46. The summed E-state index contributed by atoms with van der Waals surface area (Å²) in [6.07, 6.45) is 2.24. The van der Waals surface area contributed by atoms with Gasteiger partial charge in [0.2, 0.25) is 0 Å². The molecular formula is C19H21ClN2O2. The summed E-state index contributed by atoms with van der Waals surface area (Å²) in [5.74, 6) is 0.739. The minimum absolute atomic E-state index is 0.123. The van der Waals surface area contributed by atoms with E-state index in [2.05, 4.69) is 22.8 Å². The highest BCUT2D eigenvalue weighted by atomic mass is 35.5. The van der Waals surface area contributed by atoms with E-state index in [0.29, 0.717) is 24.7 Å². The van der Waals surface area contributed by atoms with E-state index in [-0.39, 0.29) is 11.4 Å². The van der Waals surface area contributed by atoms with E-state index >= 15 is 0 Å². The van der Waals surface area contributed by atoms with Crippen LogP contribution in [0, 0.1) is 0 Å². The molecule has 0 aliphatic heterocycles. The summed E-state index contributed by atoms with van der Waals surface area (Å²) in [7, 11) is 0. The lowest BCUT2D eigenvalue weighted by Crippen LogP contribution is -2.41. The highest BCUT2D eigenvalue weighted by Gasteiger charge is 2.44. The van der Waals surface area contributed by atoms with Crippen molar-refractivity contribution in [3.63, 3.8) is 0 Å². The van der Waals surface area contributed by atoms with E-state index in [1.165, 1.54) is 5.56 Å². The maximum atomic E-state index is 11.9. The molecule has 1 saturated carbocycles. The van der Waals surface area contributed by atoms with Crippen LogP contribution in [-0.2, 0) is 5.41 Å². The molecular weight excluding hydrogens is 324 g/mol. The van der Waals surface area contributed by atoms with Crippen molar-refractivity contribution in [1.82, 2.24) is 10.6 Å². The molecule has 2 amide bonds. The molecule has 2 aromatic rings. The summed E-state index contributed by atoms with van der Waals surface area (Å²) in [5.41, 5.74) is 1.43. The third-order valence-electron chi connectivity index (χ3n) is 4.30. The Kier molecular flexibility index (Phi) is 5.26. The van der Waals surface area contributed by atoms with Gasteiger partial charge in [0.05, 0.1) is 6.54 Å². The molecule has 126 valence electrons. The van der Waals surface area contributed by atoms with Crippen molar-refractivity contribution >= 4 is 17.6 Å². The smallest absolute Gasteiger partial charge is 0.314 e. The van der Waals surface area contributed by atoms with Gasteiger partial charge in [0.15, 0.2) is 0 Å². The monoisotopic (exact) mass is 344 g/mol. The first-order chi connectivity index (χ1) is 11.7. The Morgan fingerprint density at radius 2 is 1.75 bits per heavy atom. The number of carbonyl (C=O) groups is 1. The first-order valence-corrected chi connectivity index (χ1v) is 8.51. The number of halogens is 1. The minimum Gasteiger partial charge on any atom is -0.492 e. The highest BCUT2D eigenvalue weighted by Crippen LogP contribution is 2.47. The zero-order valence-electron chi connectivity index (χ0n) is 13.4. The summed E-state index contributed by atoms with van der Waals surface area (Å²) in [6.45, 7) is 1.53. The maximum absolute atomic E-state index is 11.9. The number of hydrogen-bond acceptors (Lipinski definition) is 2. The summed E-state index contributed by atoms with van der Waals surface area (Å²) < 4.78 is 5.54. The Morgan fingerprint density at radius 3 is 2.42 bits per heavy atom. The number of urea groups is 1. The van der Waals surface area contributed by atoms with Crippen LogP contribution in [0.4, 0.5) is 4.79 Å². The predicted octanol–water partition coefficient (Wildman–Crippen LogP) is 3.75.